The number of anilines is 1. The Balaban J connectivity index is 1.90. The van der Waals surface area contributed by atoms with Gasteiger partial charge in [0, 0.05) is 13.5 Å². The van der Waals surface area contributed by atoms with Crippen molar-refractivity contribution in [3.63, 3.8) is 0 Å². The molecule has 0 fully saturated rings. The lowest BCUT2D eigenvalue weighted by molar-refractivity contribution is -0.139. The number of rotatable bonds is 9. The van der Waals surface area contributed by atoms with Crippen LogP contribution in [0.4, 0.5) is 10.5 Å². The molecule has 0 aromatic heterocycles. The minimum absolute atomic E-state index is 0.00213. The monoisotopic (exact) mass is 545 g/mol. The average Bonchev–Trinajstić information content (AvgIpc) is 2.87. The van der Waals surface area contributed by atoms with E-state index >= 15 is 0 Å². The third-order valence-electron chi connectivity index (χ3n) is 5.69. The van der Waals surface area contributed by atoms with Crippen molar-refractivity contribution >= 4 is 46.8 Å². The van der Waals surface area contributed by atoms with Gasteiger partial charge in [-0.1, -0.05) is 53.5 Å². The van der Waals surface area contributed by atoms with E-state index < -0.39 is 23.9 Å². The van der Waals surface area contributed by atoms with Gasteiger partial charge >= 0.3 is 12.0 Å². The number of methoxy groups -OCH3 is 2. The smallest absolute Gasteiger partial charge is 0.326 e. The second-order valence-corrected chi connectivity index (χ2v) is 8.77. The molecule has 194 valence electrons. The molecule has 3 aromatic carbocycles. The molecule has 0 bridgehead atoms. The van der Waals surface area contributed by atoms with Crippen LogP contribution in [-0.4, -0.2) is 50.3 Å². The number of nitrogens with zero attached hydrogens (tertiary/aromatic N) is 1. The molecule has 1 atom stereocenters. The number of nitrogens with one attached hydrogen (secondary N) is 1. The summed E-state index contributed by atoms with van der Waals surface area (Å²) in [4.78, 5) is 37.6. The van der Waals surface area contributed by atoms with E-state index in [1.807, 2.05) is 0 Å². The van der Waals surface area contributed by atoms with Crippen LogP contribution in [0.1, 0.15) is 15.9 Å². The number of carboxylic acid groups (broad SMARTS) is 1. The fraction of sp³-hybridized carbons (Fsp3) is 0.192. The van der Waals surface area contributed by atoms with Crippen LogP contribution in [0.5, 0.6) is 11.5 Å². The summed E-state index contributed by atoms with van der Waals surface area (Å²) in [6.07, 6.45) is 0.00213. The van der Waals surface area contributed by atoms with Crippen molar-refractivity contribution in [3.8, 4) is 22.6 Å². The maximum absolute atomic E-state index is 12.7. The first-order valence-corrected chi connectivity index (χ1v) is 11.7. The SMILES string of the molecule is COc1ccc(N(C)C(N)=O)c(OC)c1-c1ccc(C[C@H](NC(=O)c2c(Cl)cccc2Cl)C(=O)O)cc1. The molecule has 0 heterocycles. The Hall–Kier alpha value is -3.95. The van der Waals surface area contributed by atoms with Gasteiger partial charge in [-0.15, -0.1) is 0 Å². The molecule has 0 unspecified atom stereocenters. The van der Waals surface area contributed by atoms with Crippen molar-refractivity contribution in [2.45, 2.75) is 12.5 Å². The van der Waals surface area contributed by atoms with Crippen LogP contribution in [0.2, 0.25) is 10.0 Å². The summed E-state index contributed by atoms with van der Waals surface area (Å²) in [6, 6.07) is 13.0. The van der Waals surface area contributed by atoms with Crippen LogP contribution in [0.15, 0.2) is 54.6 Å². The second-order valence-electron chi connectivity index (χ2n) is 7.95. The highest BCUT2D eigenvalue weighted by Crippen LogP contribution is 2.44. The number of carbonyl (C=O) groups excluding carboxylic acids is 2. The van der Waals surface area contributed by atoms with Crippen molar-refractivity contribution in [1.82, 2.24) is 5.32 Å². The lowest BCUT2D eigenvalue weighted by Gasteiger charge is -2.22. The van der Waals surface area contributed by atoms with Crippen molar-refractivity contribution < 1.29 is 29.0 Å². The molecule has 0 aliphatic heterocycles. The summed E-state index contributed by atoms with van der Waals surface area (Å²) in [5, 5.41) is 12.4. The van der Waals surface area contributed by atoms with Crippen molar-refractivity contribution in [1.29, 1.82) is 0 Å². The van der Waals surface area contributed by atoms with Gasteiger partial charge in [0.2, 0.25) is 0 Å². The molecular weight excluding hydrogens is 521 g/mol. The number of halogens is 2. The van der Waals surface area contributed by atoms with Crippen LogP contribution in [-0.2, 0) is 11.2 Å². The molecule has 3 amide bonds. The van der Waals surface area contributed by atoms with Gasteiger partial charge in [-0.3, -0.25) is 9.69 Å². The van der Waals surface area contributed by atoms with E-state index in [0.29, 0.717) is 33.9 Å². The highest BCUT2D eigenvalue weighted by atomic mass is 35.5. The second kappa shape index (κ2) is 11.9. The van der Waals surface area contributed by atoms with Gasteiger partial charge < -0.3 is 25.6 Å². The number of hydrogen-bond acceptors (Lipinski definition) is 5. The number of amides is 3. The zero-order chi connectivity index (χ0) is 27.3. The lowest BCUT2D eigenvalue weighted by Crippen LogP contribution is -2.42. The number of urea groups is 1. The van der Waals surface area contributed by atoms with Crippen LogP contribution < -0.4 is 25.4 Å². The van der Waals surface area contributed by atoms with E-state index in [9.17, 15) is 19.5 Å². The minimum atomic E-state index is -1.23. The Bertz CT molecular complexity index is 1310. The molecule has 3 rings (SSSR count). The third-order valence-corrected chi connectivity index (χ3v) is 6.32. The molecule has 0 saturated heterocycles. The van der Waals surface area contributed by atoms with Crippen LogP contribution in [0.25, 0.3) is 11.1 Å². The number of ether oxygens (including phenoxy) is 2. The molecule has 0 aliphatic carbocycles. The number of hydrogen-bond donors (Lipinski definition) is 3. The minimum Gasteiger partial charge on any atom is -0.496 e. The van der Waals surface area contributed by atoms with Crippen molar-refractivity contribution in [2.24, 2.45) is 5.73 Å². The van der Waals surface area contributed by atoms with E-state index in [0.717, 1.165) is 0 Å². The fourth-order valence-corrected chi connectivity index (χ4v) is 4.34. The molecule has 4 N–H and O–H groups in total. The van der Waals surface area contributed by atoms with E-state index in [-0.39, 0.29) is 22.0 Å². The number of benzene rings is 3. The molecule has 0 spiro atoms. The largest absolute Gasteiger partial charge is 0.496 e. The summed E-state index contributed by atoms with van der Waals surface area (Å²) in [6.45, 7) is 0. The Labute approximate surface area is 223 Å². The highest BCUT2D eigenvalue weighted by Gasteiger charge is 2.25. The maximum Gasteiger partial charge on any atom is 0.326 e. The first-order valence-electron chi connectivity index (χ1n) is 10.9. The van der Waals surface area contributed by atoms with Gasteiger partial charge in [-0.25, -0.2) is 9.59 Å². The van der Waals surface area contributed by atoms with E-state index in [4.69, 9.17) is 38.4 Å². The van der Waals surface area contributed by atoms with Gasteiger partial charge in [0.05, 0.1) is 41.1 Å². The van der Waals surface area contributed by atoms with E-state index in [1.54, 1.807) is 42.5 Å². The average molecular weight is 546 g/mol. The zero-order valence-corrected chi connectivity index (χ0v) is 21.8. The molecular formula is C26H25Cl2N3O6. The van der Waals surface area contributed by atoms with Gasteiger partial charge in [0.15, 0.2) is 5.75 Å². The lowest BCUT2D eigenvalue weighted by atomic mass is 9.98. The number of primary amides is 1. The van der Waals surface area contributed by atoms with Crippen LogP contribution in [0, 0.1) is 0 Å². The predicted octanol–water partition coefficient (Wildman–Crippen LogP) is 4.62. The molecule has 0 saturated carbocycles. The molecule has 11 heteroatoms. The quantitative estimate of drug-likeness (QED) is 0.359. The van der Waals surface area contributed by atoms with Gasteiger partial charge in [-0.05, 0) is 35.4 Å². The number of nitrogens with two attached hydrogens (primary N) is 1. The number of carboxylic acids is 1. The summed E-state index contributed by atoms with van der Waals surface area (Å²) in [5.41, 5.74) is 7.81. The summed E-state index contributed by atoms with van der Waals surface area (Å²) >= 11 is 12.2. The zero-order valence-electron chi connectivity index (χ0n) is 20.2. The standard InChI is InChI=1S/C26H25Cl2N3O6/c1-31(26(29)35)19-11-12-20(36-2)21(23(19)37-3)15-9-7-14(8-10-15)13-18(25(33)34)30-24(32)22-16(27)5-4-6-17(22)28/h4-12,18H,13H2,1-3H3,(H2,29,35)(H,30,32)(H,33,34)/t18-/m0/s1. The van der Waals surface area contributed by atoms with Gasteiger partial charge in [-0.2, -0.15) is 0 Å². The summed E-state index contributed by atoms with van der Waals surface area (Å²) in [5.74, 6) is -1.03. The van der Waals surface area contributed by atoms with Crippen LogP contribution >= 0.6 is 23.2 Å². The molecule has 3 aromatic rings. The Morgan fingerprint density at radius 2 is 1.62 bits per heavy atom. The molecule has 37 heavy (non-hydrogen) atoms. The Kier molecular flexibility index (Phi) is 8.86. The first kappa shape index (κ1) is 27.6. The van der Waals surface area contributed by atoms with Crippen LogP contribution in [0.3, 0.4) is 0 Å². The number of carbonyl (C=O) groups is 3. The Morgan fingerprint density at radius 1 is 1.00 bits per heavy atom. The fourth-order valence-electron chi connectivity index (χ4n) is 3.77. The van der Waals surface area contributed by atoms with E-state index in [2.05, 4.69) is 5.32 Å². The number of aliphatic carboxylic acids is 1. The molecule has 0 aliphatic rings. The molecule has 0 radical (unpaired) electrons. The maximum atomic E-state index is 12.7. The topological polar surface area (TPSA) is 131 Å². The highest BCUT2D eigenvalue weighted by molar-refractivity contribution is 6.39. The first-order chi connectivity index (χ1) is 17.6. The van der Waals surface area contributed by atoms with Crippen molar-refractivity contribution in [3.05, 3.63) is 75.8 Å². The molecule has 9 nitrogen and oxygen atoms in total. The summed E-state index contributed by atoms with van der Waals surface area (Å²) < 4.78 is 11.1. The summed E-state index contributed by atoms with van der Waals surface area (Å²) in [7, 11) is 4.50. The normalized spacial score (nSPS) is 11.4. The predicted molar refractivity (Wildman–Crippen MR) is 142 cm³/mol. The van der Waals surface area contributed by atoms with Crippen molar-refractivity contribution in [2.75, 3.05) is 26.2 Å². The van der Waals surface area contributed by atoms with Gasteiger partial charge in [0.1, 0.15) is 11.8 Å². The third kappa shape index (κ3) is 6.07. The van der Waals surface area contributed by atoms with E-state index in [1.165, 1.54) is 38.3 Å². The van der Waals surface area contributed by atoms with Gasteiger partial charge in [0.25, 0.3) is 5.91 Å². The Morgan fingerprint density at radius 3 is 2.14 bits per heavy atom.